The first-order chi connectivity index (χ1) is 9.24. The molecular weight excluding hydrogens is 242 g/mol. The van der Waals surface area contributed by atoms with Crippen LogP contribution in [-0.4, -0.2) is 62.3 Å². The summed E-state index contributed by atoms with van der Waals surface area (Å²) in [5.41, 5.74) is 0. The lowest BCUT2D eigenvalue weighted by Gasteiger charge is -2.27. The minimum atomic E-state index is 0.165. The van der Waals surface area contributed by atoms with Gasteiger partial charge in [-0.25, -0.2) is 0 Å². The lowest BCUT2D eigenvalue weighted by Crippen LogP contribution is -2.46. The number of nitrogens with one attached hydrogen (secondary N) is 2. The molecule has 0 saturated carbocycles. The summed E-state index contributed by atoms with van der Waals surface area (Å²) >= 11 is 0. The van der Waals surface area contributed by atoms with Crippen molar-refractivity contribution < 1.29 is 9.53 Å². The number of ether oxygens (including phenoxy) is 1. The number of hydrogen-bond donors (Lipinski definition) is 2. The molecule has 110 valence electrons. The highest BCUT2D eigenvalue weighted by Gasteiger charge is 2.22. The number of nitrogens with zero attached hydrogens (tertiary/aromatic N) is 1. The van der Waals surface area contributed by atoms with Crippen molar-refractivity contribution in [3.05, 3.63) is 0 Å². The lowest BCUT2D eigenvalue weighted by molar-refractivity contribution is -0.121. The molecule has 2 heterocycles. The van der Waals surface area contributed by atoms with Gasteiger partial charge in [0, 0.05) is 45.7 Å². The highest BCUT2D eigenvalue weighted by molar-refractivity contribution is 5.75. The fourth-order valence-corrected chi connectivity index (χ4v) is 2.77. The van der Waals surface area contributed by atoms with Crippen LogP contribution in [0.4, 0.5) is 0 Å². The van der Waals surface area contributed by atoms with E-state index in [1.54, 1.807) is 0 Å². The molecule has 5 nitrogen and oxygen atoms in total. The van der Waals surface area contributed by atoms with Crippen molar-refractivity contribution in [3.8, 4) is 0 Å². The van der Waals surface area contributed by atoms with Crippen LogP contribution in [0.25, 0.3) is 0 Å². The number of amides is 1. The molecule has 5 heteroatoms. The number of rotatable bonds is 6. The van der Waals surface area contributed by atoms with E-state index < -0.39 is 0 Å². The largest absolute Gasteiger partial charge is 0.375 e. The standard InChI is InChI=1S/C14H27N3O2/c1-12-2-3-13(19-12)4-5-14(18)16-8-11-17-9-6-15-7-10-17/h12-13,15H,2-11H2,1H3,(H,16,18). The van der Waals surface area contributed by atoms with E-state index in [1.165, 1.54) is 0 Å². The van der Waals surface area contributed by atoms with Gasteiger partial charge in [0.25, 0.3) is 0 Å². The smallest absolute Gasteiger partial charge is 0.220 e. The quantitative estimate of drug-likeness (QED) is 0.731. The first kappa shape index (κ1) is 14.8. The van der Waals surface area contributed by atoms with Crippen molar-refractivity contribution in [1.29, 1.82) is 0 Å². The number of piperazine rings is 1. The van der Waals surface area contributed by atoms with Crippen LogP contribution < -0.4 is 10.6 Å². The van der Waals surface area contributed by atoms with Crippen LogP contribution in [0.3, 0.4) is 0 Å². The summed E-state index contributed by atoms with van der Waals surface area (Å²) in [5, 5.41) is 6.33. The summed E-state index contributed by atoms with van der Waals surface area (Å²) in [6.45, 7) is 8.13. The van der Waals surface area contributed by atoms with Gasteiger partial charge in [0.05, 0.1) is 12.2 Å². The maximum absolute atomic E-state index is 11.7. The fourth-order valence-electron chi connectivity index (χ4n) is 2.77. The van der Waals surface area contributed by atoms with Crippen LogP contribution in [0.2, 0.25) is 0 Å². The Morgan fingerprint density at radius 3 is 2.84 bits per heavy atom. The Balaban J connectivity index is 1.49. The van der Waals surface area contributed by atoms with Crippen molar-refractivity contribution in [1.82, 2.24) is 15.5 Å². The molecule has 2 rings (SSSR count). The Kier molecular flexibility index (Phi) is 6.07. The van der Waals surface area contributed by atoms with Gasteiger partial charge >= 0.3 is 0 Å². The Hall–Kier alpha value is -0.650. The van der Waals surface area contributed by atoms with Crippen molar-refractivity contribution >= 4 is 5.91 Å². The lowest BCUT2D eigenvalue weighted by atomic mass is 10.1. The van der Waals surface area contributed by atoms with E-state index in [4.69, 9.17) is 4.74 Å². The third kappa shape index (κ3) is 5.47. The van der Waals surface area contributed by atoms with E-state index in [-0.39, 0.29) is 5.91 Å². The minimum Gasteiger partial charge on any atom is -0.375 e. The zero-order valence-corrected chi connectivity index (χ0v) is 12.0. The van der Waals surface area contributed by atoms with Crippen LogP contribution in [0.1, 0.15) is 32.6 Å². The van der Waals surface area contributed by atoms with E-state index in [2.05, 4.69) is 22.5 Å². The Bertz CT molecular complexity index is 280. The van der Waals surface area contributed by atoms with Gasteiger partial charge in [-0.1, -0.05) is 0 Å². The Morgan fingerprint density at radius 2 is 2.16 bits per heavy atom. The zero-order chi connectivity index (χ0) is 13.5. The molecule has 0 radical (unpaired) electrons. The molecule has 2 atom stereocenters. The van der Waals surface area contributed by atoms with E-state index in [9.17, 15) is 4.79 Å². The van der Waals surface area contributed by atoms with E-state index in [0.717, 1.165) is 58.5 Å². The number of carbonyl (C=O) groups excluding carboxylic acids is 1. The van der Waals surface area contributed by atoms with E-state index in [1.807, 2.05) is 0 Å². The van der Waals surface area contributed by atoms with Crippen LogP contribution in [0.15, 0.2) is 0 Å². The molecule has 2 unspecified atom stereocenters. The molecule has 0 bridgehead atoms. The Labute approximate surface area is 116 Å². The van der Waals surface area contributed by atoms with Gasteiger partial charge in [0.1, 0.15) is 0 Å². The SMILES string of the molecule is CC1CCC(CCC(=O)NCCN2CCNCC2)O1. The molecule has 19 heavy (non-hydrogen) atoms. The summed E-state index contributed by atoms with van der Waals surface area (Å²) in [5.74, 6) is 0.165. The maximum atomic E-state index is 11.7. The van der Waals surface area contributed by atoms with Crippen LogP contribution >= 0.6 is 0 Å². The monoisotopic (exact) mass is 269 g/mol. The maximum Gasteiger partial charge on any atom is 0.220 e. The molecule has 0 aromatic heterocycles. The summed E-state index contributed by atoms with van der Waals surface area (Å²) in [6.07, 6.45) is 4.38. The number of hydrogen-bond acceptors (Lipinski definition) is 4. The first-order valence-corrected chi connectivity index (χ1v) is 7.59. The van der Waals surface area contributed by atoms with Gasteiger partial charge in [-0.2, -0.15) is 0 Å². The van der Waals surface area contributed by atoms with E-state index >= 15 is 0 Å². The minimum absolute atomic E-state index is 0.165. The molecule has 2 aliphatic rings. The molecule has 2 aliphatic heterocycles. The summed E-state index contributed by atoms with van der Waals surface area (Å²) in [4.78, 5) is 14.1. The third-order valence-electron chi connectivity index (χ3n) is 3.97. The van der Waals surface area contributed by atoms with Gasteiger partial charge in [0.15, 0.2) is 0 Å². The highest BCUT2D eigenvalue weighted by atomic mass is 16.5. The summed E-state index contributed by atoms with van der Waals surface area (Å²) in [6, 6.07) is 0. The second kappa shape index (κ2) is 7.82. The van der Waals surface area contributed by atoms with Gasteiger partial charge in [-0.05, 0) is 26.2 Å². The third-order valence-corrected chi connectivity index (χ3v) is 3.97. The van der Waals surface area contributed by atoms with Gasteiger partial charge in [-0.3, -0.25) is 9.69 Å². The molecule has 2 saturated heterocycles. The van der Waals surface area contributed by atoms with Gasteiger partial charge < -0.3 is 15.4 Å². The van der Waals surface area contributed by atoms with Crippen molar-refractivity contribution in [2.24, 2.45) is 0 Å². The molecule has 0 aromatic carbocycles. The van der Waals surface area contributed by atoms with Crippen molar-refractivity contribution in [2.75, 3.05) is 39.3 Å². The predicted octanol–water partition coefficient (Wildman–Crippen LogP) is 0.356. The average molecular weight is 269 g/mol. The second-order valence-corrected chi connectivity index (χ2v) is 5.63. The highest BCUT2D eigenvalue weighted by Crippen LogP contribution is 2.22. The summed E-state index contributed by atoms with van der Waals surface area (Å²) in [7, 11) is 0. The van der Waals surface area contributed by atoms with Crippen LogP contribution in [-0.2, 0) is 9.53 Å². The second-order valence-electron chi connectivity index (χ2n) is 5.63. The number of carbonyl (C=O) groups is 1. The molecule has 0 aliphatic carbocycles. The molecule has 0 spiro atoms. The normalized spacial score (nSPS) is 28.5. The van der Waals surface area contributed by atoms with Gasteiger partial charge in [-0.15, -0.1) is 0 Å². The zero-order valence-electron chi connectivity index (χ0n) is 12.0. The van der Waals surface area contributed by atoms with Crippen molar-refractivity contribution in [3.63, 3.8) is 0 Å². The van der Waals surface area contributed by atoms with E-state index in [0.29, 0.717) is 18.6 Å². The Morgan fingerprint density at radius 1 is 1.37 bits per heavy atom. The molecule has 0 aromatic rings. The topological polar surface area (TPSA) is 53.6 Å². The molecule has 2 fully saturated rings. The van der Waals surface area contributed by atoms with Crippen molar-refractivity contribution in [2.45, 2.75) is 44.8 Å². The average Bonchev–Trinajstić information content (AvgIpc) is 2.83. The fraction of sp³-hybridized carbons (Fsp3) is 0.929. The van der Waals surface area contributed by atoms with Crippen LogP contribution in [0, 0.1) is 0 Å². The van der Waals surface area contributed by atoms with Gasteiger partial charge in [0.2, 0.25) is 5.91 Å². The summed E-state index contributed by atoms with van der Waals surface area (Å²) < 4.78 is 5.72. The molecule has 1 amide bonds. The first-order valence-electron chi connectivity index (χ1n) is 7.59. The molecular formula is C14H27N3O2. The van der Waals surface area contributed by atoms with Crippen LogP contribution in [0.5, 0.6) is 0 Å². The molecule has 2 N–H and O–H groups in total. The predicted molar refractivity (Wildman–Crippen MR) is 75.1 cm³/mol.